The number of rotatable bonds is 7. The van der Waals surface area contributed by atoms with Crippen molar-refractivity contribution < 1.29 is 14.3 Å². The third kappa shape index (κ3) is 4.63. The highest BCUT2D eigenvalue weighted by Gasteiger charge is 2.30. The molecule has 4 nitrogen and oxygen atoms in total. The lowest BCUT2D eigenvalue weighted by Crippen LogP contribution is -2.32. The Bertz CT molecular complexity index is 688. The first-order valence-corrected chi connectivity index (χ1v) is 9.13. The van der Waals surface area contributed by atoms with Crippen LogP contribution in [-0.2, 0) is 20.9 Å². The van der Waals surface area contributed by atoms with Gasteiger partial charge in [-0.15, -0.1) is 0 Å². The zero-order valence-corrected chi connectivity index (χ0v) is 16.8. The molecule has 0 heterocycles. The summed E-state index contributed by atoms with van der Waals surface area (Å²) in [5.74, 6) is -0.0750. The van der Waals surface area contributed by atoms with Crippen LogP contribution in [0.3, 0.4) is 0 Å². The topological polar surface area (TPSA) is 38.8 Å². The van der Waals surface area contributed by atoms with E-state index in [0.29, 0.717) is 6.61 Å². The summed E-state index contributed by atoms with van der Waals surface area (Å²) in [6.45, 7) is 6.94. The molecule has 1 amide bonds. The fourth-order valence-corrected chi connectivity index (χ4v) is 3.08. The number of hydrogen-bond acceptors (Lipinski definition) is 3. The van der Waals surface area contributed by atoms with Crippen LogP contribution < -0.4 is 0 Å². The number of nitrogens with zero attached hydrogens (tertiary/aromatic N) is 1. The number of carbonyl (C=O) groups is 1. The number of ether oxygens (including phenoxy) is 2. The summed E-state index contributed by atoms with van der Waals surface area (Å²) in [4.78, 5) is 14.0. The Hall–Kier alpha value is -1.91. The fraction of sp³-hybridized carbons (Fsp3) is 0.500. The van der Waals surface area contributed by atoms with Crippen LogP contribution in [0.2, 0.25) is 0 Å². The Kier molecular flexibility index (Phi) is 6.79. The molecule has 0 N–H and O–H groups in total. The van der Waals surface area contributed by atoms with Crippen molar-refractivity contribution in [1.82, 2.24) is 4.90 Å². The molecule has 1 aliphatic carbocycles. The highest BCUT2D eigenvalue weighted by atomic mass is 16.5. The lowest BCUT2D eigenvalue weighted by molar-refractivity contribution is -0.139. The molecular formula is C22H31NO3. The molecular weight excluding hydrogens is 326 g/mol. The van der Waals surface area contributed by atoms with Gasteiger partial charge in [0.1, 0.15) is 0 Å². The minimum atomic E-state index is -0.620. The normalized spacial score (nSPS) is 19.8. The Morgan fingerprint density at radius 2 is 1.96 bits per heavy atom. The summed E-state index contributed by atoms with van der Waals surface area (Å²) in [5, 5.41) is 0. The van der Waals surface area contributed by atoms with Gasteiger partial charge in [-0.25, -0.2) is 0 Å². The van der Waals surface area contributed by atoms with Crippen molar-refractivity contribution in [2.75, 3.05) is 21.2 Å². The Morgan fingerprint density at radius 3 is 2.58 bits per heavy atom. The fourth-order valence-electron chi connectivity index (χ4n) is 3.08. The van der Waals surface area contributed by atoms with Crippen LogP contribution >= 0.6 is 0 Å². The van der Waals surface area contributed by atoms with Crippen molar-refractivity contribution in [2.24, 2.45) is 5.41 Å². The quantitative estimate of drug-likeness (QED) is 0.731. The van der Waals surface area contributed by atoms with E-state index in [4.69, 9.17) is 9.47 Å². The molecule has 26 heavy (non-hydrogen) atoms. The molecule has 2 rings (SSSR count). The van der Waals surface area contributed by atoms with E-state index in [-0.39, 0.29) is 17.4 Å². The predicted molar refractivity (Wildman–Crippen MR) is 105 cm³/mol. The first kappa shape index (κ1) is 20.4. The third-order valence-electron chi connectivity index (χ3n) is 4.89. The SMILES string of the molecule is CCC1=CC(OCc2ccccc2C(OC)C(=O)N(C)C)C(C)(C)C=C1. The van der Waals surface area contributed by atoms with Gasteiger partial charge in [0.2, 0.25) is 0 Å². The molecule has 0 spiro atoms. The lowest BCUT2D eigenvalue weighted by Gasteiger charge is -2.33. The van der Waals surface area contributed by atoms with Gasteiger partial charge < -0.3 is 14.4 Å². The van der Waals surface area contributed by atoms with E-state index in [2.05, 4.69) is 39.0 Å². The molecule has 0 saturated heterocycles. The second kappa shape index (κ2) is 8.65. The van der Waals surface area contributed by atoms with Crippen molar-refractivity contribution in [3.63, 3.8) is 0 Å². The van der Waals surface area contributed by atoms with E-state index < -0.39 is 6.10 Å². The van der Waals surface area contributed by atoms with Gasteiger partial charge in [-0.1, -0.05) is 63.3 Å². The molecule has 0 radical (unpaired) electrons. The van der Waals surface area contributed by atoms with Crippen LogP contribution in [-0.4, -0.2) is 38.1 Å². The molecule has 2 unspecified atom stereocenters. The highest BCUT2D eigenvalue weighted by Crippen LogP contribution is 2.33. The standard InChI is InChI=1S/C22H31NO3/c1-7-16-12-13-22(2,3)19(14-16)26-15-17-10-8-9-11-18(17)20(25-6)21(24)23(4)5/h8-14,19-20H,7,15H2,1-6H3. The summed E-state index contributed by atoms with van der Waals surface area (Å²) in [7, 11) is 5.04. The molecule has 2 atom stereocenters. The minimum Gasteiger partial charge on any atom is -0.369 e. The van der Waals surface area contributed by atoms with Gasteiger partial charge in [0, 0.05) is 26.6 Å². The number of carbonyl (C=O) groups excluding carboxylic acids is 1. The molecule has 1 aromatic carbocycles. The van der Waals surface area contributed by atoms with Crippen molar-refractivity contribution in [1.29, 1.82) is 0 Å². The van der Waals surface area contributed by atoms with Gasteiger partial charge >= 0.3 is 0 Å². The highest BCUT2D eigenvalue weighted by molar-refractivity contribution is 5.82. The van der Waals surface area contributed by atoms with Gasteiger partial charge in [-0.2, -0.15) is 0 Å². The summed E-state index contributed by atoms with van der Waals surface area (Å²) in [5.41, 5.74) is 3.07. The Balaban J connectivity index is 2.22. The van der Waals surface area contributed by atoms with Crippen LogP contribution in [0.15, 0.2) is 48.1 Å². The van der Waals surface area contributed by atoms with Crippen LogP contribution in [0.5, 0.6) is 0 Å². The summed E-state index contributed by atoms with van der Waals surface area (Å²) >= 11 is 0. The maximum absolute atomic E-state index is 12.5. The van der Waals surface area contributed by atoms with E-state index in [1.807, 2.05) is 24.3 Å². The van der Waals surface area contributed by atoms with Crippen LogP contribution in [0.4, 0.5) is 0 Å². The van der Waals surface area contributed by atoms with Gasteiger partial charge in [-0.05, 0) is 23.1 Å². The van der Waals surface area contributed by atoms with Gasteiger partial charge in [0.05, 0.1) is 12.7 Å². The summed E-state index contributed by atoms with van der Waals surface area (Å²) < 4.78 is 11.8. The number of methoxy groups -OCH3 is 1. The van der Waals surface area contributed by atoms with Crippen molar-refractivity contribution in [3.05, 3.63) is 59.2 Å². The maximum Gasteiger partial charge on any atom is 0.255 e. The largest absolute Gasteiger partial charge is 0.369 e. The zero-order valence-electron chi connectivity index (χ0n) is 16.8. The van der Waals surface area contributed by atoms with Crippen LogP contribution in [0, 0.1) is 5.41 Å². The Labute approximate surface area is 157 Å². The molecule has 0 fully saturated rings. The van der Waals surface area contributed by atoms with E-state index in [1.54, 1.807) is 26.1 Å². The van der Waals surface area contributed by atoms with E-state index in [0.717, 1.165) is 17.5 Å². The van der Waals surface area contributed by atoms with E-state index in [9.17, 15) is 4.79 Å². The molecule has 142 valence electrons. The van der Waals surface area contributed by atoms with Gasteiger partial charge in [0.25, 0.3) is 5.91 Å². The number of hydrogen-bond donors (Lipinski definition) is 0. The smallest absolute Gasteiger partial charge is 0.255 e. The van der Waals surface area contributed by atoms with Gasteiger partial charge in [-0.3, -0.25) is 4.79 Å². The third-order valence-corrected chi connectivity index (χ3v) is 4.89. The van der Waals surface area contributed by atoms with E-state index >= 15 is 0 Å². The van der Waals surface area contributed by atoms with Crippen LogP contribution in [0.1, 0.15) is 44.4 Å². The van der Waals surface area contributed by atoms with Crippen molar-refractivity contribution >= 4 is 5.91 Å². The summed E-state index contributed by atoms with van der Waals surface area (Å²) in [6.07, 6.45) is 6.99. The van der Waals surface area contributed by atoms with Crippen molar-refractivity contribution in [3.8, 4) is 0 Å². The van der Waals surface area contributed by atoms with Crippen molar-refractivity contribution in [2.45, 2.75) is 46.0 Å². The van der Waals surface area contributed by atoms with E-state index in [1.165, 1.54) is 5.57 Å². The maximum atomic E-state index is 12.5. The monoisotopic (exact) mass is 357 g/mol. The minimum absolute atomic E-state index is 0.000973. The first-order chi connectivity index (χ1) is 12.3. The first-order valence-electron chi connectivity index (χ1n) is 9.13. The average molecular weight is 357 g/mol. The van der Waals surface area contributed by atoms with Crippen LogP contribution in [0.25, 0.3) is 0 Å². The predicted octanol–water partition coefficient (Wildman–Crippen LogP) is 4.28. The molecule has 0 bridgehead atoms. The molecule has 1 aliphatic rings. The molecule has 0 aromatic heterocycles. The zero-order chi connectivity index (χ0) is 19.3. The number of likely N-dealkylation sites (N-methyl/N-ethyl adjacent to an activating group) is 1. The Morgan fingerprint density at radius 1 is 1.27 bits per heavy atom. The molecule has 4 heteroatoms. The second-order valence-corrected chi connectivity index (χ2v) is 7.53. The molecule has 0 saturated carbocycles. The molecule has 1 aromatic rings. The molecule has 0 aliphatic heterocycles. The number of allylic oxidation sites excluding steroid dienone is 2. The number of amides is 1. The lowest BCUT2D eigenvalue weighted by atomic mass is 9.81. The summed E-state index contributed by atoms with van der Waals surface area (Å²) in [6, 6.07) is 7.83. The van der Waals surface area contributed by atoms with Gasteiger partial charge in [0.15, 0.2) is 6.10 Å². The second-order valence-electron chi connectivity index (χ2n) is 7.53. The number of benzene rings is 1. The average Bonchev–Trinajstić information content (AvgIpc) is 2.62.